The summed E-state index contributed by atoms with van der Waals surface area (Å²) in [6, 6.07) is 21.2. The molecule has 2 heterocycles. The molecule has 1 N–H and O–H groups in total. The molecule has 7 nitrogen and oxygen atoms in total. The molecule has 0 aliphatic carbocycles. The maximum absolute atomic E-state index is 13.1. The first-order valence-corrected chi connectivity index (χ1v) is 13.9. The number of piperazine rings is 1. The quantitative estimate of drug-likeness (QED) is 0.378. The lowest BCUT2D eigenvalue weighted by Gasteiger charge is -2.35. The Hall–Kier alpha value is -3.46. The first-order valence-electron chi connectivity index (χ1n) is 12.0. The number of halogens is 1. The second kappa shape index (κ2) is 10.5. The van der Waals surface area contributed by atoms with E-state index in [0.29, 0.717) is 29.9 Å². The second-order valence-corrected chi connectivity index (χ2v) is 11.2. The number of aromatic nitrogens is 1. The maximum Gasteiger partial charge on any atom is 0.264 e. The van der Waals surface area contributed by atoms with Crippen LogP contribution in [0, 0.1) is 6.92 Å². The maximum atomic E-state index is 13.1. The predicted octanol–water partition coefficient (Wildman–Crippen LogP) is 4.96. The number of pyridine rings is 1. The van der Waals surface area contributed by atoms with E-state index in [4.69, 9.17) is 11.6 Å². The van der Waals surface area contributed by atoms with Crippen molar-refractivity contribution in [3.63, 3.8) is 0 Å². The van der Waals surface area contributed by atoms with Crippen molar-refractivity contribution in [2.75, 3.05) is 30.9 Å². The Morgan fingerprint density at radius 1 is 0.973 bits per heavy atom. The summed E-state index contributed by atoms with van der Waals surface area (Å²) in [5.74, 6) is -0.0688. The van der Waals surface area contributed by atoms with E-state index in [-0.39, 0.29) is 10.8 Å². The number of aryl methyl sites for hydroxylation is 1. The molecule has 1 aromatic heterocycles. The zero-order chi connectivity index (χ0) is 26.0. The molecule has 0 bridgehead atoms. The summed E-state index contributed by atoms with van der Waals surface area (Å²) in [5.41, 5.74) is 3.53. The summed E-state index contributed by atoms with van der Waals surface area (Å²) in [6.45, 7) is 5.52. The fraction of sp³-hybridized carbons (Fsp3) is 0.214. The molecule has 1 saturated heterocycles. The van der Waals surface area contributed by atoms with Gasteiger partial charge in [0.2, 0.25) is 0 Å². The Bertz CT molecular complexity index is 1540. The normalized spacial score (nSPS) is 14.6. The van der Waals surface area contributed by atoms with Gasteiger partial charge < -0.3 is 4.90 Å². The lowest BCUT2D eigenvalue weighted by atomic mass is 10.1. The Morgan fingerprint density at radius 2 is 1.70 bits per heavy atom. The molecule has 37 heavy (non-hydrogen) atoms. The molecule has 0 unspecified atom stereocenters. The van der Waals surface area contributed by atoms with Crippen molar-refractivity contribution in [1.82, 2.24) is 14.8 Å². The van der Waals surface area contributed by atoms with Crippen molar-refractivity contribution in [3.8, 4) is 0 Å². The number of amides is 1. The molecule has 1 fully saturated rings. The highest BCUT2D eigenvalue weighted by Gasteiger charge is 2.23. The van der Waals surface area contributed by atoms with E-state index in [2.05, 4.69) is 26.7 Å². The molecule has 0 spiro atoms. The van der Waals surface area contributed by atoms with Crippen LogP contribution in [0.4, 0.5) is 5.69 Å². The topological polar surface area (TPSA) is 82.6 Å². The molecule has 1 amide bonds. The lowest BCUT2D eigenvalue weighted by molar-refractivity contribution is 0.0628. The largest absolute Gasteiger partial charge is 0.336 e. The van der Waals surface area contributed by atoms with Gasteiger partial charge in [0, 0.05) is 60.6 Å². The molecule has 9 heteroatoms. The Kier molecular flexibility index (Phi) is 7.15. The molecule has 4 aromatic rings. The summed E-state index contributed by atoms with van der Waals surface area (Å²) in [7, 11) is -3.85. The summed E-state index contributed by atoms with van der Waals surface area (Å²) in [4.78, 5) is 21.5. The molecule has 1 aliphatic rings. The molecule has 0 atom stereocenters. The molecule has 3 aromatic carbocycles. The average molecular weight is 535 g/mol. The van der Waals surface area contributed by atoms with Gasteiger partial charge in [0.15, 0.2) is 0 Å². The standard InChI is InChI=1S/C28H27ClN4O3S/c1-20-7-8-23(25(29)18-20)19-32-14-16-33(17-15-32)28(34)22-9-11-24(12-10-22)31-37(35,36)26-6-2-4-21-5-3-13-30-27(21)26/h2-13,18,31H,14-17,19H2,1H3. The number of fused-ring (bicyclic) bond motifs is 1. The molecular weight excluding hydrogens is 508 g/mol. The van der Waals surface area contributed by atoms with Crippen LogP contribution >= 0.6 is 11.6 Å². The number of nitrogens with one attached hydrogen (secondary N) is 1. The van der Waals surface area contributed by atoms with Gasteiger partial charge in [-0.2, -0.15) is 0 Å². The molecule has 0 saturated carbocycles. The van der Waals surface area contributed by atoms with Crippen molar-refractivity contribution < 1.29 is 13.2 Å². The Labute approximate surface area is 221 Å². The van der Waals surface area contributed by atoms with Gasteiger partial charge in [-0.3, -0.25) is 19.4 Å². The average Bonchev–Trinajstić information content (AvgIpc) is 2.90. The van der Waals surface area contributed by atoms with Gasteiger partial charge in [-0.1, -0.05) is 41.9 Å². The van der Waals surface area contributed by atoms with Crippen molar-refractivity contribution >= 4 is 44.1 Å². The van der Waals surface area contributed by atoms with Crippen molar-refractivity contribution in [2.45, 2.75) is 18.4 Å². The predicted molar refractivity (Wildman–Crippen MR) is 146 cm³/mol. The minimum Gasteiger partial charge on any atom is -0.336 e. The number of rotatable bonds is 6. The third-order valence-electron chi connectivity index (χ3n) is 6.53. The number of anilines is 1. The molecule has 5 rings (SSSR count). The highest BCUT2D eigenvalue weighted by molar-refractivity contribution is 7.93. The fourth-order valence-electron chi connectivity index (χ4n) is 4.50. The van der Waals surface area contributed by atoms with Crippen LogP contribution in [0.1, 0.15) is 21.5 Å². The highest BCUT2D eigenvalue weighted by atomic mass is 35.5. The summed E-state index contributed by atoms with van der Waals surface area (Å²) < 4.78 is 28.7. The number of hydrogen-bond donors (Lipinski definition) is 1. The monoisotopic (exact) mass is 534 g/mol. The van der Waals surface area contributed by atoms with Gasteiger partial charge in [0.05, 0.1) is 5.52 Å². The SMILES string of the molecule is Cc1ccc(CN2CCN(C(=O)c3ccc(NS(=O)(=O)c4cccc5cccnc45)cc3)CC2)c(Cl)c1. The third-order valence-corrected chi connectivity index (χ3v) is 8.30. The van der Waals surface area contributed by atoms with Gasteiger partial charge >= 0.3 is 0 Å². The highest BCUT2D eigenvalue weighted by Crippen LogP contribution is 2.24. The van der Waals surface area contributed by atoms with E-state index >= 15 is 0 Å². The summed E-state index contributed by atoms with van der Waals surface area (Å²) in [5, 5.41) is 1.51. The van der Waals surface area contributed by atoms with Crippen LogP contribution in [0.5, 0.6) is 0 Å². The van der Waals surface area contributed by atoms with Gasteiger partial charge in [0.25, 0.3) is 15.9 Å². The number of nitrogens with zero attached hydrogens (tertiary/aromatic N) is 3. The first-order chi connectivity index (χ1) is 17.8. The van der Waals surface area contributed by atoms with Crippen LogP contribution in [-0.2, 0) is 16.6 Å². The van der Waals surface area contributed by atoms with E-state index in [1.807, 2.05) is 30.0 Å². The Morgan fingerprint density at radius 3 is 2.43 bits per heavy atom. The van der Waals surface area contributed by atoms with Crippen LogP contribution in [0.2, 0.25) is 5.02 Å². The van der Waals surface area contributed by atoms with Crippen LogP contribution in [0.25, 0.3) is 10.9 Å². The molecule has 0 radical (unpaired) electrons. The van der Waals surface area contributed by atoms with Gasteiger partial charge in [-0.25, -0.2) is 8.42 Å². The lowest BCUT2D eigenvalue weighted by Crippen LogP contribution is -2.48. The van der Waals surface area contributed by atoms with Gasteiger partial charge in [-0.05, 0) is 60.5 Å². The van der Waals surface area contributed by atoms with E-state index in [1.54, 1.807) is 42.6 Å². The summed E-state index contributed by atoms with van der Waals surface area (Å²) in [6.07, 6.45) is 1.57. The van der Waals surface area contributed by atoms with Crippen molar-refractivity contribution in [1.29, 1.82) is 0 Å². The number of para-hydroxylation sites is 1. The fourth-order valence-corrected chi connectivity index (χ4v) is 6.03. The van der Waals surface area contributed by atoms with Crippen LogP contribution in [0.3, 0.4) is 0 Å². The van der Waals surface area contributed by atoms with Crippen LogP contribution in [-0.4, -0.2) is 55.3 Å². The van der Waals surface area contributed by atoms with E-state index in [0.717, 1.165) is 41.2 Å². The number of sulfonamides is 1. The van der Waals surface area contributed by atoms with Crippen molar-refractivity contribution in [3.05, 3.63) is 101 Å². The smallest absolute Gasteiger partial charge is 0.264 e. The zero-order valence-corrected chi connectivity index (χ0v) is 22.0. The Balaban J connectivity index is 1.21. The van der Waals surface area contributed by atoms with Gasteiger partial charge in [-0.15, -0.1) is 0 Å². The van der Waals surface area contributed by atoms with E-state index in [1.165, 1.54) is 6.07 Å². The number of benzene rings is 3. The van der Waals surface area contributed by atoms with Crippen molar-refractivity contribution in [2.24, 2.45) is 0 Å². The number of carbonyl (C=O) groups excluding carboxylic acids is 1. The molecule has 1 aliphatic heterocycles. The second-order valence-electron chi connectivity index (χ2n) is 9.18. The summed E-state index contributed by atoms with van der Waals surface area (Å²) >= 11 is 6.38. The zero-order valence-electron chi connectivity index (χ0n) is 20.4. The minimum atomic E-state index is -3.85. The minimum absolute atomic E-state index is 0.0688. The van der Waals surface area contributed by atoms with Crippen LogP contribution < -0.4 is 4.72 Å². The third kappa shape index (κ3) is 5.61. The van der Waals surface area contributed by atoms with E-state index < -0.39 is 10.0 Å². The van der Waals surface area contributed by atoms with E-state index in [9.17, 15) is 13.2 Å². The number of hydrogen-bond acceptors (Lipinski definition) is 5. The first kappa shape index (κ1) is 25.2. The van der Waals surface area contributed by atoms with Crippen LogP contribution in [0.15, 0.2) is 83.9 Å². The number of carbonyl (C=O) groups is 1. The molecular formula is C28H27ClN4O3S. The molecule has 190 valence electrons. The van der Waals surface area contributed by atoms with Gasteiger partial charge in [0.1, 0.15) is 4.90 Å².